The third-order valence-electron chi connectivity index (χ3n) is 5.89. The van der Waals surface area contributed by atoms with E-state index in [-0.39, 0.29) is 17.2 Å². The number of amides is 1. The summed E-state index contributed by atoms with van der Waals surface area (Å²) in [6.07, 6.45) is 7.95. The summed E-state index contributed by atoms with van der Waals surface area (Å²) in [5.41, 5.74) is 0.352. The lowest BCUT2D eigenvalue weighted by Crippen LogP contribution is -2.16. The summed E-state index contributed by atoms with van der Waals surface area (Å²) in [6.45, 7) is 5.60. The number of carbonyl (C=O) groups excluding carboxylic acids is 1. The molecule has 1 aromatic carbocycles. The van der Waals surface area contributed by atoms with Crippen molar-refractivity contribution in [3.63, 3.8) is 0 Å². The van der Waals surface area contributed by atoms with Crippen LogP contribution in [0.5, 0.6) is 5.75 Å². The van der Waals surface area contributed by atoms with Crippen molar-refractivity contribution in [1.29, 1.82) is 0 Å². The van der Waals surface area contributed by atoms with E-state index in [1.165, 1.54) is 17.8 Å². The van der Waals surface area contributed by atoms with E-state index in [0.717, 1.165) is 34.2 Å². The van der Waals surface area contributed by atoms with Crippen LogP contribution in [0.2, 0.25) is 0 Å². The summed E-state index contributed by atoms with van der Waals surface area (Å²) in [5, 5.41) is 22.3. The lowest BCUT2D eigenvalue weighted by atomic mass is 10.00. The first-order valence-electron chi connectivity index (χ1n) is 12.0. The van der Waals surface area contributed by atoms with E-state index in [4.69, 9.17) is 9.52 Å². The van der Waals surface area contributed by atoms with Gasteiger partial charge in [-0.2, -0.15) is 0 Å². The van der Waals surface area contributed by atoms with E-state index in [1.807, 2.05) is 13.0 Å². The minimum Gasteiger partial charge on any atom is -0.507 e. The molecule has 7 nitrogen and oxygen atoms in total. The van der Waals surface area contributed by atoms with Crippen LogP contribution in [0, 0.1) is 0 Å². The molecule has 190 valence electrons. The van der Waals surface area contributed by atoms with Crippen molar-refractivity contribution in [2.45, 2.75) is 58.8 Å². The fourth-order valence-corrected chi connectivity index (χ4v) is 4.90. The van der Waals surface area contributed by atoms with Crippen LogP contribution >= 0.6 is 11.3 Å². The van der Waals surface area contributed by atoms with Crippen molar-refractivity contribution in [3.05, 3.63) is 80.4 Å². The van der Waals surface area contributed by atoms with E-state index in [1.54, 1.807) is 30.4 Å². The molecular formula is C28H31NO6S. The molecule has 0 saturated heterocycles. The Bertz CT molecular complexity index is 1360. The Kier molecular flexibility index (Phi) is 9.25. The van der Waals surface area contributed by atoms with Crippen molar-refractivity contribution in [2.24, 2.45) is 0 Å². The summed E-state index contributed by atoms with van der Waals surface area (Å²) in [5.74, 6) is -0.951. The molecule has 1 unspecified atom stereocenters. The molecule has 0 saturated carbocycles. The topological polar surface area (TPSA) is 117 Å². The molecule has 2 heterocycles. The van der Waals surface area contributed by atoms with Gasteiger partial charge in [0.1, 0.15) is 17.1 Å². The van der Waals surface area contributed by atoms with E-state index in [2.05, 4.69) is 30.4 Å². The molecule has 1 amide bonds. The van der Waals surface area contributed by atoms with Crippen molar-refractivity contribution >= 4 is 39.4 Å². The third kappa shape index (κ3) is 6.95. The lowest BCUT2D eigenvalue weighted by molar-refractivity contribution is 0.102. The van der Waals surface area contributed by atoms with Gasteiger partial charge < -0.3 is 14.6 Å². The quantitative estimate of drug-likeness (QED) is 0.192. The van der Waals surface area contributed by atoms with E-state index < -0.39 is 23.3 Å². The SMILES string of the molecule is CCCCc1ccc2sc(/C=C(\C)C(=O)c3c(O)cc(C(C)CCC=CNC(=O)O)oc3=O)cc2c1. The van der Waals surface area contributed by atoms with Gasteiger partial charge in [0.15, 0.2) is 5.78 Å². The number of carbonyl (C=O) groups is 2. The molecule has 0 aliphatic carbocycles. The van der Waals surface area contributed by atoms with Gasteiger partial charge in [0.2, 0.25) is 0 Å². The molecule has 3 aromatic rings. The van der Waals surface area contributed by atoms with Gasteiger partial charge in [-0.05, 0) is 67.3 Å². The van der Waals surface area contributed by atoms with E-state index in [9.17, 15) is 19.5 Å². The van der Waals surface area contributed by atoms with Crippen molar-refractivity contribution in [1.82, 2.24) is 5.32 Å². The average Bonchev–Trinajstić information content (AvgIpc) is 3.22. The predicted octanol–water partition coefficient (Wildman–Crippen LogP) is 6.85. The molecule has 3 N–H and O–H groups in total. The minimum absolute atomic E-state index is 0.223. The number of carboxylic acid groups (broad SMARTS) is 1. The number of ketones is 1. The molecule has 1 atom stereocenters. The van der Waals surface area contributed by atoms with Crippen LogP contribution in [0.4, 0.5) is 4.79 Å². The zero-order valence-electron chi connectivity index (χ0n) is 20.7. The molecule has 0 bridgehead atoms. The number of hydrogen-bond acceptors (Lipinski definition) is 6. The largest absolute Gasteiger partial charge is 0.507 e. The first-order chi connectivity index (χ1) is 17.2. The maximum atomic E-state index is 13.0. The molecule has 0 aliphatic heterocycles. The Labute approximate surface area is 213 Å². The number of nitrogens with one attached hydrogen (secondary N) is 1. The Hall–Kier alpha value is -3.65. The monoisotopic (exact) mass is 509 g/mol. The number of unbranched alkanes of at least 4 members (excludes halogenated alkanes) is 1. The van der Waals surface area contributed by atoms with Crippen LogP contribution in [0.3, 0.4) is 0 Å². The third-order valence-corrected chi connectivity index (χ3v) is 6.95. The van der Waals surface area contributed by atoms with Gasteiger partial charge >= 0.3 is 11.7 Å². The van der Waals surface area contributed by atoms with Crippen molar-refractivity contribution in [2.75, 3.05) is 0 Å². The van der Waals surface area contributed by atoms with Gasteiger partial charge in [0, 0.05) is 27.8 Å². The number of aryl methyl sites for hydroxylation is 1. The maximum absolute atomic E-state index is 13.0. The molecule has 36 heavy (non-hydrogen) atoms. The highest BCUT2D eigenvalue weighted by Crippen LogP contribution is 2.30. The molecule has 8 heteroatoms. The number of fused-ring (bicyclic) bond motifs is 1. The Morgan fingerprint density at radius 3 is 2.69 bits per heavy atom. The number of aromatic hydroxyl groups is 1. The lowest BCUT2D eigenvalue weighted by Gasteiger charge is -2.11. The van der Waals surface area contributed by atoms with Gasteiger partial charge in [-0.1, -0.05) is 38.5 Å². The second kappa shape index (κ2) is 12.4. The van der Waals surface area contributed by atoms with Gasteiger partial charge in [0.05, 0.1) is 0 Å². The Morgan fingerprint density at radius 1 is 1.22 bits per heavy atom. The Balaban J connectivity index is 1.75. The number of thiophene rings is 1. The van der Waals surface area contributed by atoms with E-state index in [0.29, 0.717) is 18.4 Å². The Morgan fingerprint density at radius 2 is 2.00 bits per heavy atom. The van der Waals surface area contributed by atoms with E-state index >= 15 is 0 Å². The average molecular weight is 510 g/mol. The highest BCUT2D eigenvalue weighted by Gasteiger charge is 2.22. The van der Waals surface area contributed by atoms with Gasteiger partial charge in [-0.25, -0.2) is 9.59 Å². The number of hydrogen-bond donors (Lipinski definition) is 3. The number of allylic oxidation sites excluding steroid dienone is 2. The maximum Gasteiger partial charge on any atom is 0.408 e. The summed E-state index contributed by atoms with van der Waals surface area (Å²) in [4.78, 5) is 37.0. The fourth-order valence-electron chi connectivity index (χ4n) is 3.85. The predicted molar refractivity (Wildman–Crippen MR) is 143 cm³/mol. The zero-order valence-corrected chi connectivity index (χ0v) is 21.5. The number of Topliss-reactive ketones (excluding diaryl/α,β-unsaturated/α-hetero) is 1. The van der Waals surface area contributed by atoms with Crippen LogP contribution in [0.25, 0.3) is 16.2 Å². The second-order valence-electron chi connectivity index (χ2n) is 8.81. The smallest absolute Gasteiger partial charge is 0.408 e. The van der Waals surface area contributed by atoms with Crippen LogP contribution in [0.15, 0.2) is 57.4 Å². The number of benzene rings is 1. The van der Waals surface area contributed by atoms with Crippen LogP contribution in [-0.2, 0) is 6.42 Å². The fraction of sp³-hybridized carbons (Fsp3) is 0.321. The standard InChI is InChI=1S/C28H31NO6S/c1-4-5-9-19-10-11-24-20(14-19)15-21(36-24)13-18(3)26(31)25-22(30)16-23(35-27(25)32)17(2)8-6-7-12-29-28(33)34/h7,10-17,29-30H,4-6,8-9H2,1-3H3,(H,33,34)/b12-7?,18-13+. The van der Waals surface area contributed by atoms with Gasteiger partial charge in [-0.15, -0.1) is 11.3 Å². The second-order valence-corrected chi connectivity index (χ2v) is 9.92. The summed E-state index contributed by atoms with van der Waals surface area (Å²) < 4.78 is 6.49. The molecule has 3 rings (SSSR count). The molecular weight excluding hydrogens is 478 g/mol. The zero-order chi connectivity index (χ0) is 26.2. The van der Waals surface area contributed by atoms with Crippen LogP contribution in [-0.4, -0.2) is 22.1 Å². The first kappa shape index (κ1) is 26.9. The first-order valence-corrected chi connectivity index (χ1v) is 12.8. The summed E-state index contributed by atoms with van der Waals surface area (Å²) >= 11 is 1.56. The molecule has 0 spiro atoms. The number of rotatable bonds is 11. The molecule has 2 aromatic heterocycles. The molecule has 0 radical (unpaired) electrons. The minimum atomic E-state index is -1.15. The van der Waals surface area contributed by atoms with Crippen molar-refractivity contribution in [3.8, 4) is 5.75 Å². The highest BCUT2D eigenvalue weighted by atomic mass is 32.1. The van der Waals surface area contributed by atoms with Gasteiger partial charge in [0.25, 0.3) is 0 Å². The van der Waals surface area contributed by atoms with Gasteiger partial charge in [-0.3, -0.25) is 10.1 Å². The van der Waals surface area contributed by atoms with Crippen LogP contribution < -0.4 is 10.9 Å². The molecule has 0 aliphatic rings. The molecule has 0 fully saturated rings. The normalized spacial score (nSPS) is 12.8. The highest BCUT2D eigenvalue weighted by molar-refractivity contribution is 7.19. The van der Waals surface area contributed by atoms with Crippen LogP contribution in [0.1, 0.15) is 78.9 Å². The summed E-state index contributed by atoms with van der Waals surface area (Å²) in [6, 6.07) is 9.74. The van der Waals surface area contributed by atoms with Crippen molar-refractivity contribution < 1.29 is 24.2 Å². The summed E-state index contributed by atoms with van der Waals surface area (Å²) in [7, 11) is 0.